The van der Waals surface area contributed by atoms with E-state index in [9.17, 15) is 9.59 Å². The zero-order valence-electron chi connectivity index (χ0n) is 14.4. The largest absolute Gasteiger partial charge is 0.445 e. The second-order valence-corrected chi connectivity index (χ2v) is 5.52. The predicted molar refractivity (Wildman–Crippen MR) is 99.3 cm³/mol. The van der Waals surface area contributed by atoms with Crippen molar-refractivity contribution in [3.8, 4) is 6.07 Å². The number of alkyl carbamates (subject to hydrolysis) is 1. The summed E-state index contributed by atoms with van der Waals surface area (Å²) in [4.78, 5) is 23.5. The van der Waals surface area contributed by atoms with Crippen molar-refractivity contribution >= 4 is 18.0 Å². The number of hydrogen-bond acceptors (Lipinski definition) is 4. The monoisotopic (exact) mass is 348 g/mol. The van der Waals surface area contributed by atoms with Gasteiger partial charge in [-0.15, -0.1) is 0 Å². The molecule has 0 atom stereocenters. The highest BCUT2D eigenvalue weighted by molar-refractivity contribution is 6.00. The molecule has 26 heavy (non-hydrogen) atoms. The van der Waals surface area contributed by atoms with E-state index in [-0.39, 0.29) is 18.8 Å². The number of nitriles is 1. The molecule has 0 aliphatic heterocycles. The Morgan fingerprint density at radius 3 is 2.58 bits per heavy atom. The van der Waals surface area contributed by atoms with Gasteiger partial charge in [-0.1, -0.05) is 66.7 Å². The van der Waals surface area contributed by atoms with E-state index < -0.39 is 6.09 Å². The summed E-state index contributed by atoms with van der Waals surface area (Å²) in [5, 5.41) is 11.3. The van der Waals surface area contributed by atoms with Crippen molar-refractivity contribution in [1.29, 1.82) is 5.26 Å². The number of benzene rings is 2. The second kappa shape index (κ2) is 10.5. The first-order valence-corrected chi connectivity index (χ1v) is 8.31. The smallest absolute Gasteiger partial charge is 0.407 e. The molecule has 0 aliphatic rings. The normalized spacial score (nSPS) is 10.3. The molecule has 0 fully saturated rings. The van der Waals surface area contributed by atoms with Crippen LogP contribution in [0.25, 0.3) is 6.08 Å². The minimum Gasteiger partial charge on any atom is -0.445 e. The van der Waals surface area contributed by atoms with Crippen LogP contribution in [-0.2, 0) is 11.3 Å². The number of rotatable bonds is 8. The fraction of sp³-hybridized carbons (Fsp3) is 0.190. The first kappa shape index (κ1) is 18.9. The average molecular weight is 348 g/mol. The molecule has 0 radical (unpaired) electrons. The number of nitrogens with zero attached hydrogens (tertiary/aromatic N) is 1. The SMILES string of the molecule is N#CCC(=O)c1ccccc1C=CCCNC(=O)OCc1ccccc1. The Kier molecular flexibility index (Phi) is 7.63. The summed E-state index contributed by atoms with van der Waals surface area (Å²) in [7, 11) is 0. The van der Waals surface area contributed by atoms with Crippen LogP contribution in [0.2, 0.25) is 0 Å². The van der Waals surface area contributed by atoms with Gasteiger partial charge in [0.05, 0.1) is 12.5 Å². The minimum atomic E-state index is -0.466. The lowest BCUT2D eigenvalue weighted by atomic mass is 10.0. The quantitative estimate of drug-likeness (QED) is 0.575. The molecule has 0 spiro atoms. The molecular weight excluding hydrogens is 328 g/mol. The Balaban J connectivity index is 1.75. The van der Waals surface area contributed by atoms with E-state index in [1.165, 1.54) is 0 Å². The van der Waals surface area contributed by atoms with E-state index >= 15 is 0 Å². The molecule has 5 nitrogen and oxygen atoms in total. The van der Waals surface area contributed by atoms with E-state index in [1.807, 2.05) is 60.7 Å². The van der Waals surface area contributed by atoms with Crippen molar-refractivity contribution in [2.24, 2.45) is 0 Å². The maximum absolute atomic E-state index is 11.9. The fourth-order valence-electron chi connectivity index (χ4n) is 2.31. The van der Waals surface area contributed by atoms with Gasteiger partial charge in [0, 0.05) is 12.1 Å². The Morgan fingerprint density at radius 1 is 1.08 bits per heavy atom. The number of carbonyl (C=O) groups is 2. The number of Topliss-reactive ketones (excluding diaryl/α,β-unsaturated/α-hetero) is 1. The highest BCUT2D eigenvalue weighted by Gasteiger charge is 2.08. The van der Waals surface area contributed by atoms with Gasteiger partial charge in [-0.25, -0.2) is 4.79 Å². The van der Waals surface area contributed by atoms with Gasteiger partial charge in [0.25, 0.3) is 0 Å². The third-order valence-corrected chi connectivity index (χ3v) is 3.59. The van der Waals surface area contributed by atoms with E-state index in [0.717, 1.165) is 11.1 Å². The minimum absolute atomic E-state index is 0.139. The predicted octanol–water partition coefficient (Wildman–Crippen LogP) is 4.11. The van der Waals surface area contributed by atoms with Gasteiger partial charge in [0.2, 0.25) is 0 Å². The number of carbonyl (C=O) groups excluding carboxylic acids is 2. The summed E-state index contributed by atoms with van der Waals surface area (Å²) >= 11 is 0. The molecule has 132 valence electrons. The zero-order valence-corrected chi connectivity index (χ0v) is 14.4. The van der Waals surface area contributed by atoms with Crippen LogP contribution in [0.5, 0.6) is 0 Å². The van der Waals surface area contributed by atoms with Crippen LogP contribution in [0, 0.1) is 11.3 Å². The van der Waals surface area contributed by atoms with Crippen LogP contribution in [0.1, 0.15) is 34.3 Å². The molecule has 2 aromatic carbocycles. The average Bonchev–Trinajstić information content (AvgIpc) is 2.67. The first-order valence-electron chi connectivity index (χ1n) is 8.31. The summed E-state index contributed by atoms with van der Waals surface area (Å²) in [5.74, 6) is -0.199. The Bertz CT molecular complexity index is 808. The molecule has 2 rings (SSSR count). The molecule has 5 heteroatoms. The standard InChI is InChI=1S/C21H20N2O3/c22-14-13-20(24)19-12-5-4-10-18(19)11-6-7-15-23-21(25)26-16-17-8-2-1-3-9-17/h1-6,8-12H,7,13,15-16H2,(H,23,25). The van der Waals surface area contributed by atoms with Gasteiger partial charge in [-0.05, 0) is 17.5 Å². The van der Waals surface area contributed by atoms with Gasteiger partial charge < -0.3 is 10.1 Å². The fourth-order valence-corrected chi connectivity index (χ4v) is 2.31. The molecule has 0 saturated heterocycles. The van der Waals surface area contributed by atoms with Gasteiger partial charge in [-0.2, -0.15) is 5.26 Å². The molecule has 0 saturated carbocycles. The molecule has 0 unspecified atom stereocenters. The molecule has 1 N–H and O–H groups in total. The molecule has 0 bridgehead atoms. The summed E-state index contributed by atoms with van der Waals surface area (Å²) in [6.07, 6.45) is 3.69. The molecular formula is C21H20N2O3. The number of hydrogen-bond donors (Lipinski definition) is 1. The Hall–Kier alpha value is -3.39. The van der Waals surface area contributed by atoms with E-state index in [0.29, 0.717) is 18.5 Å². The van der Waals surface area contributed by atoms with Crippen LogP contribution < -0.4 is 5.32 Å². The Labute approximate surface area is 152 Å². The highest BCUT2D eigenvalue weighted by atomic mass is 16.5. The van der Waals surface area contributed by atoms with Crippen molar-refractivity contribution in [1.82, 2.24) is 5.32 Å². The number of nitrogens with one attached hydrogen (secondary N) is 1. The van der Waals surface area contributed by atoms with Crippen molar-refractivity contribution in [3.05, 3.63) is 77.4 Å². The third-order valence-electron chi connectivity index (χ3n) is 3.59. The van der Waals surface area contributed by atoms with Crippen LogP contribution in [0.4, 0.5) is 4.79 Å². The summed E-state index contributed by atoms with van der Waals surface area (Å²) in [6, 6.07) is 18.5. The van der Waals surface area contributed by atoms with Crippen LogP contribution >= 0.6 is 0 Å². The zero-order chi connectivity index (χ0) is 18.6. The van der Waals surface area contributed by atoms with Crippen LogP contribution in [0.3, 0.4) is 0 Å². The van der Waals surface area contributed by atoms with Crippen molar-refractivity contribution in [2.45, 2.75) is 19.4 Å². The topological polar surface area (TPSA) is 79.2 Å². The van der Waals surface area contributed by atoms with Crippen LogP contribution in [-0.4, -0.2) is 18.4 Å². The highest BCUT2D eigenvalue weighted by Crippen LogP contribution is 2.13. The maximum Gasteiger partial charge on any atom is 0.407 e. The second-order valence-electron chi connectivity index (χ2n) is 5.52. The number of ketones is 1. The van der Waals surface area contributed by atoms with Crippen LogP contribution in [0.15, 0.2) is 60.7 Å². The van der Waals surface area contributed by atoms with E-state index in [2.05, 4.69) is 5.32 Å². The van der Waals surface area contributed by atoms with Crippen molar-refractivity contribution in [2.75, 3.05) is 6.54 Å². The molecule has 0 heterocycles. The number of amides is 1. The van der Waals surface area contributed by atoms with Crippen molar-refractivity contribution in [3.63, 3.8) is 0 Å². The summed E-state index contributed by atoms with van der Waals surface area (Å²) in [6.45, 7) is 0.662. The van der Waals surface area contributed by atoms with Gasteiger partial charge >= 0.3 is 6.09 Å². The summed E-state index contributed by atoms with van der Waals surface area (Å²) in [5.41, 5.74) is 2.22. The molecule has 0 aromatic heterocycles. The van der Waals surface area contributed by atoms with Gasteiger partial charge in [-0.3, -0.25) is 4.79 Å². The van der Waals surface area contributed by atoms with Crippen molar-refractivity contribution < 1.29 is 14.3 Å². The number of ether oxygens (including phenoxy) is 1. The Morgan fingerprint density at radius 2 is 1.81 bits per heavy atom. The molecule has 2 aromatic rings. The van der Waals surface area contributed by atoms with Gasteiger partial charge in [0.15, 0.2) is 5.78 Å². The third kappa shape index (κ3) is 6.25. The molecule has 0 aliphatic carbocycles. The van der Waals surface area contributed by atoms with E-state index in [4.69, 9.17) is 10.00 Å². The lowest BCUT2D eigenvalue weighted by Crippen LogP contribution is -2.24. The maximum atomic E-state index is 11.9. The molecule has 1 amide bonds. The van der Waals surface area contributed by atoms with E-state index in [1.54, 1.807) is 12.1 Å². The first-order chi connectivity index (χ1) is 12.7. The lowest BCUT2D eigenvalue weighted by Gasteiger charge is -2.06. The van der Waals surface area contributed by atoms with Gasteiger partial charge in [0.1, 0.15) is 6.61 Å². The summed E-state index contributed by atoms with van der Waals surface area (Å²) < 4.78 is 5.12. The lowest BCUT2D eigenvalue weighted by molar-refractivity contribution is 0.0997.